The molecular weight excluding hydrogens is 174 g/mol. The van der Waals surface area contributed by atoms with Crippen LogP contribution in [-0.2, 0) is 0 Å². The Balaban J connectivity index is 3.06. The average molecular weight is 191 g/mol. The molecule has 0 amide bonds. The summed E-state index contributed by atoms with van der Waals surface area (Å²) in [5.41, 5.74) is 2.78. The lowest BCUT2D eigenvalue weighted by Gasteiger charge is -2.09. The van der Waals surface area contributed by atoms with Crippen LogP contribution in [0.2, 0.25) is 0 Å². The highest BCUT2D eigenvalue weighted by atomic mass is 16.1. The van der Waals surface area contributed by atoms with E-state index in [1.165, 1.54) is 5.56 Å². The molecule has 0 unspecified atom stereocenters. The largest absolute Gasteiger partial charge is 0.292 e. The second-order valence-corrected chi connectivity index (χ2v) is 3.80. The van der Waals surface area contributed by atoms with Gasteiger partial charge in [-0.15, -0.1) is 0 Å². The summed E-state index contributed by atoms with van der Waals surface area (Å²) in [7, 11) is 0. The van der Waals surface area contributed by atoms with E-state index in [0.717, 1.165) is 5.69 Å². The summed E-state index contributed by atoms with van der Waals surface area (Å²) in [5, 5.41) is 0. The molecule has 0 aliphatic rings. The van der Waals surface area contributed by atoms with Crippen LogP contribution in [0.15, 0.2) is 12.1 Å². The van der Waals surface area contributed by atoms with Gasteiger partial charge < -0.3 is 0 Å². The van der Waals surface area contributed by atoms with Gasteiger partial charge in [-0.1, -0.05) is 26.8 Å². The third-order valence-electron chi connectivity index (χ3n) is 2.36. The maximum Gasteiger partial charge on any atom is 0.180 e. The Morgan fingerprint density at radius 2 is 2.07 bits per heavy atom. The number of aromatic nitrogens is 1. The van der Waals surface area contributed by atoms with E-state index in [-0.39, 0.29) is 5.78 Å². The summed E-state index contributed by atoms with van der Waals surface area (Å²) in [6, 6.07) is 3.84. The Kier molecular flexibility index (Phi) is 3.39. The van der Waals surface area contributed by atoms with E-state index in [1.807, 2.05) is 26.0 Å². The molecule has 0 saturated carbocycles. The molecule has 0 aromatic carbocycles. The summed E-state index contributed by atoms with van der Waals surface area (Å²) >= 11 is 0. The molecule has 14 heavy (non-hydrogen) atoms. The molecule has 2 heteroatoms. The molecule has 0 N–H and O–H groups in total. The molecule has 0 spiro atoms. The number of hydrogen-bond acceptors (Lipinski definition) is 2. The fourth-order valence-corrected chi connectivity index (χ4v) is 1.52. The summed E-state index contributed by atoms with van der Waals surface area (Å²) in [4.78, 5) is 15.7. The van der Waals surface area contributed by atoms with Crippen molar-refractivity contribution >= 4 is 5.78 Å². The van der Waals surface area contributed by atoms with Crippen molar-refractivity contribution in [2.75, 3.05) is 0 Å². The second-order valence-electron chi connectivity index (χ2n) is 3.80. The molecule has 0 radical (unpaired) electrons. The minimum atomic E-state index is 0.114. The maximum atomic E-state index is 11.4. The van der Waals surface area contributed by atoms with E-state index in [0.29, 0.717) is 18.0 Å². The summed E-state index contributed by atoms with van der Waals surface area (Å²) in [6.07, 6.45) is 0.521. The first-order valence-electron chi connectivity index (χ1n) is 5.07. The van der Waals surface area contributed by atoms with E-state index in [1.54, 1.807) is 0 Å². The van der Waals surface area contributed by atoms with Crippen LogP contribution >= 0.6 is 0 Å². The van der Waals surface area contributed by atoms with Crippen LogP contribution in [0, 0.1) is 6.92 Å². The van der Waals surface area contributed by atoms with Gasteiger partial charge in [-0.3, -0.25) is 4.79 Å². The smallest absolute Gasteiger partial charge is 0.180 e. The van der Waals surface area contributed by atoms with Crippen LogP contribution in [0.1, 0.15) is 54.9 Å². The van der Waals surface area contributed by atoms with Crippen LogP contribution in [-0.4, -0.2) is 10.8 Å². The fraction of sp³-hybridized carbons (Fsp3) is 0.500. The lowest BCUT2D eigenvalue weighted by molar-refractivity contribution is 0.0983. The van der Waals surface area contributed by atoms with Crippen molar-refractivity contribution in [2.45, 2.75) is 40.0 Å². The molecule has 0 aliphatic carbocycles. The van der Waals surface area contributed by atoms with E-state index in [2.05, 4.69) is 18.8 Å². The zero-order valence-electron chi connectivity index (χ0n) is 9.29. The average Bonchev–Trinajstić information content (AvgIpc) is 2.15. The van der Waals surface area contributed by atoms with Crippen molar-refractivity contribution in [3.63, 3.8) is 0 Å². The molecule has 1 heterocycles. The van der Waals surface area contributed by atoms with Crippen LogP contribution in [0.3, 0.4) is 0 Å². The summed E-state index contributed by atoms with van der Waals surface area (Å²) in [6.45, 7) is 8.08. The number of Topliss-reactive ketones (excluding diaryl/α,β-unsaturated/α-hetero) is 1. The first kappa shape index (κ1) is 10.9. The van der Waals surface area contributed by atoms with Crippen LogP contribution in [0.5, 0.6) is 0 Å². The predicted molar refractivity (Wildman–Crippen MR) is 57.7 cm³/mol. The van der Waals surface area contributed by atoms with Crippen molar-refractivity contribution in [2.24, 2.45) is 0 Å². The van der Waals surface area contributed by atoms with Crippen molar-refractivity contribution < 1.29 is 4.79 Å². The molecule has 0 saturated heterocycles. The monoisotopic (exact) mass is 191 g/mol. The standard InChI is InChI=1S/C12H17NO/c1-5-12(14)11-7-6-10(8(2)3)9(4)13-11/h6-8H,5H2,1-4H3. The highest BCUT2D eigenvalue weighted by molar-refractivity contribution is 5.94. The van der Waals surface area contributed by atoms with Crippen molar-refractivity contribution in [3.8, 4) is 0 Å². The quantitative estimate of drug-likeness (QED) is 0.687. The molecule has 0 fully saturated rings. The van der Waals surface area contributed by atoms with E-state index in [9.17, 15) is 4.79 Å². The molecule has 1 rings (SSSR count). The zero-order chi connectivity index (χ0) is 10.7. The van der Waals surface area contributed by atoms with Gasteiger partial charge in [0.15, 0.2) is 5.78 Å². The molecule has 76 valence electrons. The molecular formula is C12H17NO. The molecule has 1 aromatic rings. The van der Waals surface area contributed by atoms with Crippen LogP contribution in [0.4, 0.5) is 0 Å². The Bertz CT molecular complexity index is 342. The Labute approximate surface area is 85.4 Å². The number of hydrogen-bond donors (Lipinski definition) is 0. The Hall–Kier alpha value is -1.18. The first-order valence-corrected chi connectivity index (χ1v) is 5.07. The third-order valence-corrected chi connectivity index (χ3v) is 2.36. The van der Waals surface area contributed by atoms with Gasteiger partial charge >= 0.3 is 0 Å². The number of nitrogens with zero attached hydrogens (tertiary/aromatic N) is 1. The van der Waals surface area contributed by atoms with Gasteiger partial charge in [0.2, 0.25) is 0 Å². The molecule has 0 bridgehead atoms. The van der Waals surface area contributed by atoms with E-state index >= 15 is 0 Å². The van der Waals surface area contributed by atoms with E-state index < -0.39 is 0 Å². The van der Waals surface area contributed by atoms with Crippen LogP contribution in [0.25, 0.3) is 0 Å². The van der Waals surface area contributed by atoms with Crippen molar-refractivity contribution in [1.29, 1.82) is 0 Å². The lowest BCUT2D eigenvalue weighted by Crippen LogP contribution is -2.04. The fourth-order valence-electron chi connectivity index (χ4n) is 1.52. The molecule has 0 atom stereocenters. The lowest BCUT2D eigenvalue weighted by atomic mass is 10.0. The maximum absolute atomic E-state index is 11.4. The second kappa shape index (κ2) is 4.36. The molecule has 1 aromatic heterocycles. The zero-order valence-corrected chi connectivity index (χ0v) is 9.29. The minimum absolute atomic E-state index is 0.114. The predicted octanol–water partition coefficient (Wildman–Crippen LogP) is 3.11. The Morgan fingerprint density at radius 1 is 1.43 bits per heavy atom. The topological polar surface area (TPSA) is 30.0 Å². The van der Waals surface area contributed by atoms with Crippen molar-refractivity contribution in [1.82, 2.24) is 4.98 Å². The van der Waals surface area contributed by atoms with E-state index in [4.69, 9.17) is 0 Å². The minimum Gasteiger partial charge on any atom is -0.292 e. The van der Waals surface area contributed by atoms with Gasteiger partial charge in [-0.25, -0.2) is 4.98 Å². The van der Waals surface area contributed by atoms with Gasteiger partial charge in [-0.05, 0) is 24.5 Å². The number of carbonyl (C=O) groups is 1. The highest BCUT2D eigenvalue weighted by Gasteiger charge is 2.09. The van der Waals surface area contributed by atoms with Gasteiger partial charge in [-0.2, -0.15) is 0 Å². The highest BCUT2D eigenvalue weighted by Crippen LogP contribution is 2.17. The molecule has 2 nitrogen and oxygen atoms in total. The number of pyridine rings is 1. The SMILES string of the molecule is CCC(=O)c1ccc(C(C)C)c(C)n1. The van der Waals surface area contributed by atoms with Crippen molar-refractivity contribution in [3.05, 3.63) is 29.1 Å². The Morgan fingerprint density at radius 3 is 2.50 bits per heavy atom. The molecule has 0 aliphatic heterocycles. The third kappa shape index (κ3) is 2.19. The van der Waals surface area contributed by atoms with Crippen LogP contribution < -0.4 is 0 Å². The number of rotatable bonds is 3. The van der Waals surface area contributed by atoms with Gasteiger partial charge in [0.05, 0.1) is 0 Å². The number of aryl methyl sites for hydroxylation is 1. The number of ketones is 1. The summed E-state index contributed by atoms with van der Waals surface area (Å²) in [5.74, 6) is 0.580. The van der Waals surface area contributed by atoms with Gasteiger partial charge in [0, 0.05) is 12.1 Å². The first-order chi connectivity index (χ1) is 6.56. The summed E-state index contributed by atoms with van der Waals surface area (Å²) < 4.78 is 0. The van der Waals surface area contributed by atoms with Gasteiger partial charge in [0.25, 0.3) is 0 Å². The number of carbonyl (C=O) groups excluding carboxylic acids is 1. The van der Waals surface area contributed by atoms with Gasteiger partial charge in [0.1, 0.15) is 5.69 Å². The normalized spacial score (nSPS) is 10.6.